The molecule has 0 aliphatic carbocycles. The predicted molar refractivity (Wildman–Crippen MR) is 104 cm³/mol. The molecule has 0 radical (unpaired) electrons. The number of carbonyl (C=O) groups excluding carboxylic acids is 1. The topological polar surface area (TPSA) is 101 Å². The van der Waals surface area contributed by atoms with Gasteiger partial charge in [0.25, 0.3) is 0 Å². The molecule has 0 spiro atoms. The molecule has 4 aromatic rings. The molecule has 140 valence electrons. The Balaban J connectivity index is 1.63. The molecule has 0 fully saturated rings. The number of ketones is 1. The largest absolute Gasteiger partial charge is 0.504 e. The third-order valence-electron chi connectivity index (χ3n) is 4.02. The smallest absolute Gasteiger partial charge is 0.205 e. The van der Waals surface area contributed by atoms with Crippen LogP contribution in [-0.2, 0) is 0 Å². The lowest BCUT2D eigenvalue weighted by atomic mass is 10.1. The van der Waals surface area contributed by atoms with Crippen molar-refractivity contribution in [3.63, 3.8) is 0 Å². The van der Waals surface area contributed by atoms with Crippen LogP contribution in [0.1, 0.15) is 10.4 Å². The fourth-order valence-electron chi connectivity index (χ4n) is 2.65. The van der Waals surface area contributed by atoms with E-state index in [-0.39, 0.29) is 23.0 Å². The van der Waals surface area contributed by atoms with E-state index in [9.17, 15) is 15.0 Å². The Labute approximate surface area is 164 Å². The highest BCUT2D eigenvalue weighted by atomic mass is 32.2. The number of Topliss-reactive ketones (excluding diaryl/α,β-unsaturated/α-hetero) is 1. The summed E-state index contributed by atoms with van der Waals surface area (Å²) in [7, 11) is 0. The van der Waals surface area contributed by atoms with E-state index < -0.39 is 0 Å². The van der Waals surface area contributed by atoms with Crippen LogP contribution in [0.2, 0.25) is 0 Å². The molecule has 8 heteroatoms. The summed E-state index contributed by atoms with van der Waals surface area (Å²) in [4.78, 5) is 12.5. The Morgan fingerprint density at radius 3 is 2.54 bits per heavy atom. The van der Waals surface area contributed by atoms with Crippen LogP contribution < -0.4 is 0 Å². The van der Waals surface area contributed by atoms with Crippen LogP contribution in [0.3, 0.4) is 0 Å². The number of carbonyl (C=O) groups is 1. The third-order valence-corrected chi connectivity index (χ3v) is 4.95. The van der Waals surface area contributed by atoms with Gasteiger partial charge in [0, 0.05) is 11.3 Å². The van der Waals surface area contributed by atoms with E-state index in [4.69, 9.17) is 4.42 Å². The van der Waals surface area contributed by atoms with Gasteiger partial charge >= 0.3 is 0 Å². The lowest BCUT2D eigenvalue weighted by molar-refractivity contribution is 0.102. The van der Waals surface area contributed by atoms with Crippen molar-refractivity contribution in [3.05, 3.63) is 72.5 Å². The van der Waals surface area contributed by atoms with Crippen molar-refractivity contribution < 1.29 is 19.4 Å². The maximum absolute atomic E-state index is 12.5. The van der Waals surface area contributed by atoms with Crippen molar-refractivity contribution in [3.8, 4) is 28.8 Å². The van der Waals surface area contributed by atoms with Gasteiger partial charge in [-0.1, -0.05) is 30.0 Å². The first-order valence-electron chi connectivity index (χ1n) is 8.36. The number of aromatic hydroxyl groups is 2. The van der Waals surface area contributed by atoms with Gasteiger partial charge in [-0.3, -0.25) is 9.36 Å². The molecule has 28 heavy (non-hydrogen) atoms. The molecule has 2 N–H and O–H groups in total. The Morgan fingerprint density at radius 1 is 1.00 bits per heavy atom. The second-order valence-corrected chi connectivity index (χ2v) is 6.81. The monoisotopic (exact) mass is 393 g/mol. The molecule has 2 aromatic carbocycles. The number of furan rings is 1. The predicted octanol–water partition coefficient (Wildman–Crippen LogP) is 3.91. The number of rotatable bonds is 6. The first-order chi connectivity index (χ1) is 13.6. The third kappa shape index (κ3) is 3.49. The first-order valence-corrected chi connectivity index (χ1v) is 9.35. The van der Waals surface area contributed by atoms with Crippen molar-refractivity contribution in [1.29, 1.82) is 0 Å². The highest BCUT2D eigenvalue weighted by molar-refractivity contribution is 7.99. The molecule has 0 saturated heterocycles. The second-order valence-electron chi connectivity index (χ2n) is 5.87. The lowest BCUT2D eigenvalue weighted by Gasteiger charge is -2.09. The van der Waals surface area contributed by atoms with Gasteiger partial charge in [-0.2, -0.15) is 0 Å². The van der Waals surface area contributed by atoms with Crippen LogP contribution >= 0.6 is 11.8 Å². The van der Waals surface area contributed by atoms with E-state index >= 15 is 0 Å². The van der Waals surface area contributed by atoms with Gasteiger partial charge in [0.15, 0.2) is 28.2 Å². The summed E-state index contributed by atoms with van der Waals surface area (Å²) in [5.41, 5.74) is 1.15. The van der Waals surface area contributed by atoms with Gasteiger partial charge < -0.3 is 14.6 Å². The van der Waals surface area contributed by atoms with Crippen LogP contribution in [0.4, 0.5) is 0 Å². The number of benzene rings is 2. The summed E-state index contributed by atoms with van der Waals surface area (Å²) in [6, 6.07) is 17.1. The van der Waals surface area contributed by atoms with Crippen LogP contribution in [0, 0.1) is 0 Å². The molecule has 4 rings (SSSR count). The van der Waals surface area contributed by atoms with Gasteiger partial charge in [0.2, 0.25) is 5.82 Å². The minimum Gasteiger partial charge on any atom is -0.504 e. The summed E-state index contributed by atoms with van der Waals surface area (Å²) >= 11 is 1.23. The van der Waals surface area contributed by atoms with E-state index in [0.29, 0.717) is 22.3 Å². The standard InChI is InChI=1S/C20H15N3O4S/c24-15-9-8-13(11-16(15)25)17(26)12-28-20-22-21-19(18-7-4-10-27-18)23(20)14-5-2-1-3-6-14/h1-11,24-25H,12H2. The summed E-state index contributed by atoms with van der Waals surface area (Å²) < 4.78 is 7.29. The summed E-state index contributed by atoms with van der Waals surface area (Å²) in [5, 5.41) is 28.0. The molecule has 7 nitrogen and oxygen atoms in total. The molecule has 0 bridgehead atoms. The minimum absolute atomic E-state index is 0.0906. The minimum atomic E-state index is -0.330. The fourth-order valence-corrected chi connectivity index (χ4v) is 3.50. The summed E-state index contributed by atoms with van der Waals surface area (Å²) in [5.74, 6) is 0.390. The molecule has 0 aliphatic heterocycles. The second kappa shape index (κ2) is 7.61. The van der Waals surface area contributed by atoms with Crippen LogP contribution in [-0.4, -0.2) is 36.5 Å². The molecule has 2 heterocycles. The Morgan fingerprint density at radius 2 is 1.82 bits per heavy atom. The Bertz CT molecular complexity index is 1110. The molecule has 0 unspecified atom stereocenters. The van der Waals surface area contributed by atoms with Gasteiger partial charge in [0.05, 0.1) is 12.0 Å². The molecular weight excluding hydrogens is 378 g/mol. The summed E-state index contributed by atoms with van der Waals surface area (Å²) in [6.45, 7) is 0. The van der Waals surface area contributed by atoms with Gasteiger partial charge in [-0.15, -0.1) is 10.2 Å². The average molecular weight is 393 g/mol. The zero-order chi connectivity index (χ0) is 19.5. The zero-order valence-electron chi connectivity index (χ0n) is 14.5. The number of phenolic OH excluding ortho intramolecular Hbond substituents is 2. The molecule has 0 amide bonds. The van der Waals surface area contributed by atoms with Crippen molar-refractivity contribution in [2.45, 2.75) is 5.16 Å². The van der Waals surface area contributed by atoms with E-state index in [0.717, 1.165) is 5.69 Å². The quantitative estimate of drug-likeness (QED) is 0.291. The summed E-state index contributed by atoms with van der Waals surface area (Å²) in [6.07, 6.45) is 1.56. The van der Waals surface area contributed by atoms with Crippen molar-refractivity contribution in [2.24, 2.45) is 0 Å². The average Bonchev–Trinajstić information content (AvgIpc) is 3.38. The number of para-hydroxylation sites is 1. The molecule has 0 atom stereocenters. The van der Waals surface area contributed by atoms with Crippen LogP contribution in [0.15, 0.2) is 76.5 Å². The number of phenols is 2. The molecule has 0 saturated carbocycles. The van der Waals surface area contributed by atoms with E-state index in [1.165, 1.54) is 30.0 Å². The normalized spacial score (nSPS) is 10.9. The maximum atomic E-state index is 12.5. The van der Waals surface area contributed by atoms with E-state index in [2.05, 4.69) is 10.2 Å². The molecular formula is C20H15N3O4S. The van der Waals surface area contributed by atoms with Crippen molar-refractivity contribution >= 4 is 17.5 Å². The van der Waals surface area contributed by atoms with Crippen molar-refractivity contribution in [1.82, 2.24) is 14.8 Å². The maximum Gasteiger partial charge on any atom is 0.205 e. The number of nitrogens with zero attached hydrogens (tertiary/aromatic N) is 3. The number of thioether (sulfide) groups is 1. The highest BCUT2D eigenvalue weighted by Gasteiger charge is 2.19. The molecule has 0 aliphatic rings. The number of aromatic nitrogens is 3. The Kier molecular flexibility index (Phi) is 4.86. The lowest BCUT2D eigenvalue weighted by Crippen LogP contribution is -2.05. The number of hydrogen-bond acceptors (Lipinski definition) is 7. The zero-order valence-corrected chi connectivity index (χ0v) is 15.3. The SMILES string of the molecule is O=C(CSc1nnc(-c2ccco2)n1-c1ccccc1)c1ccc(O)c(O)c1. The first kappa shape index (κ1) is 17.9. The number of hydrogen-bond donors (Lipinski definition) is 2. The van der Waals surface area contributed by atoms with E-state index in [1.54, 1.807) is 18.4 Å². The Hall–Kier alpha value is -3.52. The van der Waals surface area contributed by atoms with Crippen molar-refractivity contribution in [2.75, 3.05) is 5.75 Å². The van der Waals surface area contributed by atoms with E-state index in [1.807, 2.05) is 34.9 Å². The van der Waals surface area contributed by atoms with Gasteiger partial charge in [-0.05, 0) is 42.5 Å². The highest BCUT2D eigenvalue weighted by Crippen LogP contribution is 2.29. The van der Waals surface area contributed by atoms with Crippen LogP contribution in [0.5, 0.6) is 11.5 Å². The van der Waals surface area contributed by atoms with Gasteiger partial charge in [0.1, 0.15) is 0 Å². The molecule has 2 aromatic heterocycles. The van der Waals surface area contributed by atoms with Gasteiger partial charge in [-0.25, -0.2) is 0 Å². The fraction of sp³-hybridized carbons (Fsp3) is 0.0500. The van der Waals surface area contributed by atoms with Crippen LogP contribution in [0.25, 0.3) is 17.3 Å².